The molecule has 1 aliphatic rings. The number of aryl methyl sites for hydroxylation is 1. The lowest BCUT2D eigenvalue weighted by molar-refractivity contribution is -0.121. The summed E-state index contributed by atoms with van der Waals surface area (Å²) >= 11 is 1.37. The SMILES string of the molecule is CC(C)c1ccc(-n2nnnc2S[C@H](C)C(=O)N[C@@H]2CCCc3ccccc32)cc1. The van der Waals surface area contributed by atoms with Crippen LogP contribution in [0.3, 0.4) is 0 Å². The number of amides is 1. The van der Waals surface area contributed by atoms with Crippen LogP contribution in [-0.4, -0.2) is 31.4 Å². The Morgan fingerprint density at radius 1 is 1.13 bits per heavy atom. The van der Waals surface area contributed by atoms with Gasteiger partial charge < -0.3 is 5.32 Å². The van der Waals surface area contributed by atoms with Gasteiger partial charge in [0.25, 0.3) is 0 Å². The number of carbonyl (C=O) groups is 1. The van der Waals surface area contributed by atoms with Gasteiger partial charge in [-0.3, -0.25) is 4.79 Å². The Morgan fingerprint density at radius 3 is 2.67 bits per heavy atom. The molecule has 3 aromatic rings. The second-order valence-corrected chi connectivity index (χ2v) is 9.34. The lowest BCUT2D eigenvalue weighted by Gasteiger charge is -2.27. The van der Waals surface area contributed by atoms with Crippen LogP contribution < -0.4 is 5.32 Å². The summed E-state index contributed by atoms with van der Waals surface area (Å²) in [7, 11) is 0. The van der Waals surface area contributed by atoms with Gasteiger partial charge >= 0.3 is 0 Å². The van der Waals surface area contributed by atoms with E-state index in [1.165, 1.54) is 28.5 Å². The smallest absolute Gasteiger partial charge is 0.233 e. The Morgan fingerprint density at radius 2 is 1.90 bits per heavy atom. The zero-order valence-electron chi connectivity index (χ0n) is 17.6. The molecule has 2 aromatic carbocycles. The van der Waals surface area contributed by atoms with Gasteiger partial charge in [0.2, 0.25) is 11.1 Å². The summed E-state index contributed by atoms with van der Waals surface area (Å²) in [5, 5.41) is 15.6. The Balaban J connectivity index is 1.44. The Hall–Kier alpha value is -2.67. The third kappa shape index (κ3) is 4.41. The molecule has 1 aliphatic carbocycles. The molecule has 7 heteroatoms. The van der Waals surface area contributed by atoms with Crippen LogP contribution in [0.15, 0.2) is 53.7 Å². The van der Waals surface area contributed by atoms with Crippen molar-refractivity contribution in [1.82, 2.24) is 25.5 Å². The molecule has 0 spiro atoms. The van der Waals surface area contributed by atoms with Crippen LogP contribution in [0.2, 0.25) is 0 Å². The van der Waals surface area contributed by atoms with Gasteiger partial charge in [0.1, 0.15) is 0 Å². The minimum Gasteiger partial charge on any atom is -0.348 e. The van der Waals surface area contributed by atoms with Crippen LogP contribution in [0.5, 0.6) is 0 Å². The first kappa shape index (κ1) is 20.6. The molecular weight excluding hydrogens is 394 g/mol. The number of aromatic nitrogens is 4. The first-order valence-corrected chi connectivity index (χ1v) is 11.3. The van der Waals surface area contributed by atoms with E-state index < -0.39 is 0 Å². The highest BCUT2D eigenvalue weighted by Gasteiger charge is 2.25. The highest BCUT2D eigenvalue weighted by Crippen LogP contribution is 2.30. The number of thioether (sulfide) groups is 1. The monoisotopic (exact) mass is 421 g/mol. The number of fused-ring (bicyclic) bond motifs is 1. The predicted octanol–water partition coefficient (Wildman–Crippen LogP) is 4.46. The van der Waals surface area contributed by atoms with Crippen molar-refractivity contribution in [1.29, 1.82) is 0 Å². The summed E-state index contributed by atoms with van der Waals surface area (Å²) in [5.74, 6) is 0.474. The molecule has 30 heavy (non-hydrogen) atoms. The molecule has 0 fully saturated rings. The van der Waals surface area contributed by atoms with Crippen molar-refractivity contribution < 1.29 is 4.79 Å². The fraction of sp³-hybridized carbons (Fsp3) is 0.391. The zero-order chi connectivity index (χ0) is 21.1. The number of nitrogens with one attached hydrogen (secondary N) is 1. The molecule has 0 saturated heterocycles. The highest BCUT2D eigenvalue weighted by atomic mass is 32.2. The van der Waals surface area contributed by atoms with E-state index in [2.05, 4.69) is 65.0 Å². The number of benzene rings is 2. The van der Waals surface area contributed by atoms with Crippen LogP contribution in [0.25, 0.3) is 5.69 Å². The van der Waals surface area contributed by atoms with E-state index in [-0.39, 0.29) is 17.2 Å². The third-order valence-corrected chi connectivity index (χ3v) is 6.62. The van der Waals surface area contributed by atoms with E-state index in [4.69, 9.17) is 0 Å². The standard InChI is InChI=1S/C23H27N5OS/c1-15(2)17-11-13-19(14-12-17)28-23(25-26-27-28)30-16(3)22(29)24-21-10-6-8-18-7-4-5-9-20(18)21/h4-5,7,9,11-16,21H,6,8,10H2,1-3H3,(H,24,29)/t16-,21-/m1/s1. The topological polar surface area (TPSA) is 72.7 Å². The molecule has 156 valence electrons. The number of hydrogen-bond donors (Lipinski definition) is 1. The zero-order valence-corrected chi connectivity index (χ0v) is 18.4. The summed E-state index contributed by atoms with van der Waals surface area (Å²) in [6.45, 7) is 6.23. The van der Waals surface area contributed by atoms with Crippen LogP contribution in [-0.2, 0) is 11.2 Å². The summed E-state index contributed by atoms with van der Waals surface area (Å²) in [5.41, 5.74) is 4.73. The lowest BCUT2D eigenvalue weighted by Crippen LogP contribution is -2.36. The average molecular weight is 422 g/mol. The normalized spacial score (nSPS) is 16.9. The van der Waals surface area contributed by atoms with Gasteiger partial charge in [-0.1, -0.05) is 62.0 Å². The summed E-state index contributed by atoms with van der Waals surface area (Å²) in [6.07, 6.45) is 3.14. The van der Waals surface area contributed by atoms with Gasteiger partial charge in [0.15, 0.2) is 0 Å². The van der Waals surface area contributed by atoms with Crippen LogP contribution in [0.1, 0.15) is 62.3 Å². The predicted molar refractivity (Wildman–Crippen MR) is 119 cm³/mol. The van der Waals surface area contributed by atoms with Crippen LogP contribution >= 0.6 is 11.8 Å². The van der Waals surface area contributed by atoms with Gasteiger partial charge in [0, 0.05) is 0 Å². The van der Waals surface area contributed by atoms with E-state index in [0.717, 1.165) is 24.9 Å². The number of hydrogen-bond acceptors (Lipinski definition) is 5. The highest BCUT2D eigenvalue weighted by molar-refractivity contribution is 8.00. The third-order valence-electron chi connectivity index (χ3n) is 5.58. The van der Waals surface area contributed by atoms with E-state index in [1.807, 2.05) is 25.1 Å². The fourth-order valence-electron chi connectivity index (χ4n) is 3.82. The van der Waals surface area contributed by atoms with Crippen molar-refractivity contribution in [2.75, 3.05) is 0 Å². The number of carbonyl (C=O) groups excluding carboxylic acids is 1. The molecule has 1 heterocycles. The van der Waals surface area contributed by atoms with Gasteiger partial charge in [0.05, 0.1) is 17.0 Å². The van der Waals surface area contributed by atoms with E-state index in [9.17, 15) is 4.79 Å². The quantitative estimate of drug-likeness (QED) is 0.595. The number of rotatable bonds is 6. The Bertz CT molecular complexity index is 1010. The molecule has 1 aromatic heterocycles. The van der Waals surface area contributed by atoms with Crippen molar-refractivity contribution in [3.8, 4) is 5.69 Å². The first-order chi connectivity index (χ1) is 14.5. The summed E-state index contributed by atoms with van der Waals surface area (Å²) in [6, 6.07) is 16.7. The van der Waals surface area contributed by atoms with Crippen molar-refractivity contribution in [2.45, 2.75) is 62.4 Å². The first-order valence-electron chi connectivity index (χ1n) is 10.5. The molecule has 1 N–H and O–H groups in total. The van der Waals surface area contributed by atoms with E-state index in [1.54, 1.807) is 4.68 Å². The second-order valence-electron chi connectivity index (χ2n) is 8.03. The maximum absolute atomic E-state index is 12.9. The Kier molecular flexibility index (Phi) is 6.18. The molecule has 6 nitrogen and oxygen atoms in total. The van der Waals surface area contributed by atoms with E-state index >= 15 is 0 Å². The number of nitrogens with zero attached hydrogens (tertiary/aromatic N) is 4. The Labute approximate surface area is 181 Å². The van der Waals surface area contributed by atoms with Gasteiger partial charge in [-0.05, 0) is 71.4 Å². The van der Waals surface area contributed by atoms with Gasteiger partial charge in [-0.2, -0.15) is 4.68 Å². The molecule has 0 unspecified atom stereocenters. The fourth-order valence-corrected chi connectivity index (χ4v) is 4.64. The molecule has 4 rings (SSSR count). The molecular formula is C23H27N5OS. The van der Waals surface area contributed by atoms with Crippen LogP contribution in [0, 0.1) is 0 Å². The molecule has 0 aliphatic heterocycles. The molecule has 2 atom stereocenters. The minimum absolute atomic E-state index is 0.00593. The summed E-state index contributed by atoms with van der Waals surface area (Å²) in [4.78, 5) is 12.9. The molecule has 1 amide bonds. The molecule has 0 bridgehead atoms. The van der Waals surface area contributed by atoms with Crippen molar-refractivity contribution >= 4 is 17.7 Å². The lowest BCUT2D eigenvalue weighted by atomic mass is 9.88. The van der Waals surface area contributed by atoms with Gasteiger partial charge in [-0.15, -0.1) is 5.10 Å². The maximum Gasteiger partial charge on any atom is 0.233 e. The van der Waals surface area contributed by atoms with Crippen molar-refractivity contribution in [3.05, 3.63) is 65.2 Å². The average Bonchev–Trinajstić information content (AvgIpc) is 3.22. The minimum atomic E-state index is -0.307. The number of tetrazole rings is 1. The summed E-state index contributed by atoms with van der Waals surface area (Å²) < 4.78 is 1.69. The maximum atomic E-state index is 12.9. The van der Waals surface area contributed by atoms with Crippen molar-refractivity contribution in [2.24, 2.45) is 0 Å². The van der Waals surface area contributed by atoms with Crippen LogP contribution in [0.4, 0.5) is 0 Å². The second kappa shape index (κ2) is 9.00. The van der Waals surface area contributed by atoms with E-state index in [0.29, 0.717) is 11.1 Å². The van der Waals surface area contributed by atoms with Gasteiger partial charge in [-0.25, -0.2) is 0 Å². The molecule has 0 radical (unpaired) electrons. The molecule has 0 saturated carbocycles. The van der Waals surface area contributed by atoms with Crippen molar-refractivity contribution in [3.63, 3.8) is 0 Å². The largest absolute Gasteiger partial charge is 0.348 e.